The average Bonchev–Trinajstić information content (AvgIpc) is 3.27. The summed E-state index contributed by atoms with van der Waals surface area (Å²) in [6.07, 6.45) is 0. The number of carbonyl (C=O) groups excluding carboxylic acids is 1. The second kappa shape index (κ2) is 9.03. The largest absolute Gasteiger partial charge is 0.497 e. The Labute approximate surface area is 202 Å². The van der Waals surface area contributed by atoms with Crippen molar-refractivity contribution in [3.05, 3.63) is 101 Å². The maximum atomic E-state index is 13.5. The summed E-state index contributed by atoms with van der Waals surface area (Å²) in [6, 6.07) is 23.8. The number of ether oxygens (including phenoxy) is 1. The van der Waals surface area contributed by atoms with Crippen molar-refractivity contribution in [1.29, 1.82) is 0 Å². The highest BCUT2D eigenvalue weighted by Gasteiger charge is 2.34. The number of allylic oxidation sites excluding steroid dienone is 1. The zero-order chi connectivity index (χ0) is 23.7. The third-order valence-corrected chi connectivity index (χ3v) is 5.91. The lowest BCUT2D eigenvalue weighted by atomic mass is 9.95. The van der Waals surface area contributed by atoms with Gasteiger partial charge in [0.05, 0.1) is 12.7 Å². The highest BCUT2D eigenvalue weighted by molar-refractivity contribution is 6.30. The Morgan fingerprint density at radius 3 is 2.41 bits per heavy atom. The fraction of sp³-hybridized carbons (Fsp3) is 0.115. The molecule has 8 heteroatoms. The highest BCUT2D eigenvalue weighted by atomic mass is 35.5. The quantitative estimate of drug-likeness (QED) is 0.399. The first-order chi connectivity index (χ1) is 16.5. The molecule has 170 valence electrons. The lowest BCUT2D eigenvalue weighted by Crippen LogP contribution is -2.31. The number of amides is 1. The molecule has 0 saturated heterocycles. The number of hydrogen-bond donors (Lipinski definition) is 2. The van der Waals surface area contributed by atoms with Gasteiger partial charge in [-0.1, -0.05) is 41.9 Å². The third kappa shape index (κ3) is 4.13. The van der Waals surface area contributed by atoms with Crippen LogP contribution >= 0.6 is 11.6 Å². The molecule has 0 spiro atoms. The Balaban J connectivity index is 1.59. The predicted molar refractivity (Wildman–Crippen MR) is 133 cm³/mol. The van der Waals surface area contributed by atoms with Crippen molar-refractivity contribution in [3.63, 3.8) is 0 Å². The monoisotopic (exact) mass is 471 g/mol. The van der Waals surface area contributed by atoms with E-state index in [0.29, 0.717) is 33.8 Å². The Morgan fingerprint density at radius 1 is 1.03 bits per heavy atom. The maximum Gasteiger partial charge on any atom is 0.255 e. The van der Waals surface area contributed by atoms with E-state index in [0.717, 1.165) is 16.9 Å². The molecule has 1 aromatic heterocycles. The van der Waals surface area contributed by atoms with Crippen molar-refractivity contribution in [2.75, 3.05) is 17.7 Å². The molecule has 0 saturated carbocycles. The van der Waals surface area contributed by atoms with Gasteiger partial charge >= 0.3 is 0 Å². The van der Waals surface area contributed by atoms with Crippen molar-refractivity contribution in [2.45, 2.75) is 13.0 Å². The van der Waals surface area contributed by atoms with Gasteiger partial charge in [0.25, 0.3) is 5.91 Å². The molecule has 0 bridgehead atoms. The topological polar surface area (TPSA) is 81.1 Å². The molecule has 4 aromatic rings. The Morgan fingerprint density at radius 2 is 1.74 bits per heavy atom. The number of fused-ring (bicyclic) bond motifs is 1. The summed E-state index contributed by atoms with van der Waals surface area (Å²) in [5.74, 6) is 1.61. The maximum absolute atomic E-state index is 13.5. The van der Waals surface area contributed by atoms with Crippen molar-refractivity contribution in [3.8, 4) is 17.1 Å². The average molecular weight is 472 g/mol. The van der Waals surface area contributed by atoms with Crippen LogP contribution in [-0.4, -0.2) is 27.8 Å². The van der Waals surface area contributed by atoms with Crippen LogP contribution in [0.4, 0.5) is 11.6 Å². The minimum absolute atomic E-state index is 0.216. The summed E-state index contributed by atoms with van der Waals surface area (Å²) in [5, 5.41) is 11.7. The van der Waals surface area contributed by atoms with Gasteiger partial charge in [0.2, 0.25) is 5.95 Å². The minimum atomic E-state index is -0.487. The van der Waals surface area contributed by atoms with E-state index in [1.807, 2.05) is 73.7 Å². The first kappa shape index (κ1) is 21.7. The van der Waals surface area contributed by atoms with Gasteiger partial charge in [0, 0.05) is 22.0 Å². The van der Waals surface area contributed by atoms with Crippen LogP contribution in [0.15, 0.2) is 90.1 Å². The predicted octanol–water partition coefficient (Wildman–Crippen LogP) is 5.53. The molecule has 1 atom stereocenters. The number of para-hydroxylation sites is 1. The molecule has 1 aliphatic heterocycles. The van der Waals surface area contributed by atoms with Gasteiger partial charge in [-0.15, -0.1) is 5.10 Å². The van der Waals surface area contributed by atoms with Crippen molar-refractivity contribution in [2.24, 2.45) is 0 Å². The van der Waals surface area contributed by atoms with E-state index in [2.05, 4.69) is 10.6 Å². The number of methoxy groups -OCH3 is 1. The molecule has 5 rings (SSSR count). The number of anilines is 2. The van der Waals surface area contributed by atoms with Gasteiger partial charge in [-0.25, -0.2) is 4.68 Å². The van der Waals surface area contributed by atoms with Crippen LogP contribution in [0.25, 0.3) is 11.4 Å². The van der Waals surface area contributed by atoms with Gasteiger partial charge < -0.3 is 15.4 Å². The number of nitrogens with one attached hydrogen (secondary N) is 2. The number of carbonyl (C=O) groups is 1. The van der Waals surface area contributed by atoms with Crippen LogP contribution in [0.2, 0.25) is 5.02 Å². The van der Waals surface area contributed by atoms with Gasteiger partial charge in [0.1, 0.15) is 11.8 Å². The van der Waals surface area contributed by atoms with Gasteiger partial charge in [0.15, 0.2) is 5.82 Å². The molecular formula is C26H22ClN5O2. The van der Waals surface area contributed by atoms with E-state index in [4.69, 9.17) is 26.4 Å². The van der Waals surface area contributed by atoms with Crippen LogP contribution < -0.4 is 15.4 Å². The smallest absolute Gasteiger partial charge is 0.255 e. The summed E-state index contributed by atoms with van der Waals surface area (Å²) >= 11 is 6.05. The summed E-state index contributed by atoms with van der Waals surface area (Å²) in [7, 11) is 1.62. The minimum Gasteiger partial charge on any atom is -0.497 e. The van der Waals surface area contributed by atoms with E-state index in [9.17, 15) is 4.79 Å². The molecule has 2 heterocycles. The Bertz CT molecular complexity index is 1360. The summed E-state index contributed by atoms with van der Waals surface area (Å²) in [4.78, 5) is 18.2. The van der Waals surface area contributed by atoms with Crippen molar-refractivity contribution in [1.82, 2.24) is 14.8 Å². The molecule has 1 amide bonds. The Kier molecular flexibility index (Phi) is 5.77. The van der Waals surface area contributed by atoms with Crippen LogP contribution in [0.5, 0.6) is 5.75 Å². The van der Waals surface area contributed by atoms with E-state index >= 15 is 0 Å². The normalized spacial score (nSPS) is 14.9. The molecule has 0 unspecified atom stereocenters. The van der Waals surface area contributed by atoms with E-state index in [-0.39, 0.29) is 5.91 Å². The van der Waals surface area contributed by atoms with E-state index in [1.165, 1.54) is 0 Å². The van der Waals surface area contributed by atoms with Gasteiger partial charge in [-0.2, -0.15) is 4.98 Å². The number of halogens is 1. The molecule has 34 heavy (non-hydrogen) atoms. The number of aromatic nitrogens is 3. The van der Waals surface area contributed by atoms with E-state index < -0.39 is 6.04 Å². The number of nitrogens with zero attached hydrogens (tertiary/aromatic N) is 3. The van der Waals surface area contributed by atoms with Gasteiger partial charge in [-0.05, 0) is 61.0 Å². The zero-order valence-corrected chi connectivity index (χ0v) is 19.4. The lowest BCUT2D eigenvalue weighted by molar-refractivity contribution is -0.113. The molecule has 0 aliphatic carbocycles. The third-order valence-electron chi connectivity index (χ3n) is 5.66. The van der Waals surface area contributed by atoms with E-state index in [1.54, 1.807) is 23.9 Å². The summed E-state index contributed by atoms with van der Waals surface area (Å²) in [6.45, 7) is 1.87. The molecule has 2 N–H and O–H groups in total. The fourth-order valence-corrected chi connectivity index (χ4v) is 4.11. The summed E-state index contributed by atoms with van der Waals surface area (Å²) < 4.78 is 7.07. The molecule has 0 radical (unpaired) electrons. The molecule has 7 nitrogen and oxygen atoms in total. The SMILES string of the molecule is COc1ccc([C@H]2C(C(=O)Nc3ccccc3)=C(C)Nc3nc(-c4ccc(Cl)cc4)nn32)cc1. The summed E-state index contributed by atoms with van der Waals surface area (Å²) in [5.41, 5.74) is 3.68. The number of rotatable bonds is 5. The van der Waals surface area contributed by atoms with Crippen LogP contribution in [0, 0.1) is 0 Å². The standard InChI is InChI=1S/C26H22ClN5O2/c1-16-22(25(33)29-20-6-4-3-5-7-20)23(17-10-14-21(34-2)15-11-17)32-26(28-16)30-24(31-32)18-8-12-19(27)13-9-18/h3-15,23H,1-2H3,(H,29,33)(H,28,30,31)/t23-/m0/s1. The molecule has 3 aromatic carbocycles. The van der Waals surface area contributed by atoms with Crippen LogP contribution in [-0.2, 0) is 4.79 Å². The van der Waals surface area contributed by atoms with Crippen LogP contribution in [0.1, 0.15) is 18.5 Å². The zero-order valence-electron chi connectivity index (χ0n) is 18.6. The number of benzene rings is 3. The van der Waals surface area contributed by atoms with Crippen LogP contribution in [0.3, 0.4) is 0 Å². The first-order valence-corrected chi connectivity index (χ1v) is 11.1. The lowest BCUT2D eigenvalue weighted by Gasteiger charge is -2.28. The first-order valence-electron chi connectivity index (χ1n) is 10.7. The molecule has 0 fully saturated rings. The second-order valence-corrected chi connectivity index (χ2v) is 8.31. The molecule has 1 aliphatic rings. The highest BCUT2D eigenvalue weighted by Crippen LogP contribution is 2.37. The van der Waals surface area contributed by atoms with Crippen molar-refractivity contribution < 1.29 is 9.53 Å². The second-order valence-electron chi connectivity index (χ2n) is 7.87. The van der Waals surface area contributed by atoms with Gasteiger partial charge in [-0.3, -0.25) is 4.79 Å². The van der Waals surface area contributed by atoms with Crippen molar-refractivity contribution >= 4 is 29.1 Å². The fourth-order valence-electron chi connectivity index (χ4n) is 3.98. The Hall–Kier alpha value is -4.10. The number of hydrogen-bond acceptors (Lipinski definition) is 5. The molecular weight excluding hydrogens is 450 g/mol.